The van der Waals surface area contributed by atoms with E-state index in [1.807, 2.05) is 93.6 Å². The van der Waals surface area contributed by atoms with Gasteiger partial charge in [0, 0.05) is 5.56 Å². The number of para-hydroxylation sites is 2. The van der Waals surface area contributed by atoms with Crippen LogP contribution in [0.3, 0.4) is 0 Å². The summed E-state index contributed by atoms with van der Waals surface area (Å²) in [6.45, 7) is 5.99. The zero-order valence-electron chi connectivity index (χ0n) is 18.5. The molecule has 1 atom stereocenters. The van der Waals surface area contributed by atoms with Crippen LogP contribution in [0.25, 0.3) is 28.0 Å². The predicted molar refractivity (Wildman–Crippen MR) is 131 cm³/mol. The van der Waals surface area contributed by atoms with Crippen LogP contribution >= 0.6 is 11.8 Å². The summed E-state index contributed by atoms with van der Waals surface area (Å²) in [7, 11) is 0. The highest BCUT2D eigenvalue weighted by Crippen LogP contribution is 2.36. The Morgan fingerprint density at radius 1 is 0.879 bits per heavy atom. The Morgan fingerprint density at radius 3 is 2.33 bits per heavy atom. The Kier molecular flexibility index (Phi) is 5.56. The number of aromatic nitrogens is 4. The highest BCUT2D eigenvalue weighted by Gasteiger charge is 2.22. The number of fused-ring (bicyclic) bond motifs is 1. The number of aryl methyl sites for hydroxylation is 2. The van der Waals surface area contributed by atoms with E-state index in [4.69, 9.17) is 9.40 Å². The normalized spacial score (nSPS) is 12.2. The molecule has 7 heteroatoms. The highest BCUT2D eigenvalue weighted by molar-refractivity contribution is 7.99. The predicted octanol–water partition coefficient (Wildman–Crippen LogP) is 5.91. The van der Waals surface area contributed by atoms with E-state index in [1.54, 1.807) is 4.57 Å². The largest absolute Gasteiger partial charge is 0.419 e. The van der Waals surface area contributed by atoms with Gasteiger partial charge in [0.25, 0.3) is 5.56 Å². The molecule has 0 spiro atoms. The number of benzene rings is 3. The maximum atomic E-state index is 13.6. The molecule has 0 aliphatic heterocycles. The third kappa shape index (κ3) is 3.96. The maximum Gasteiger partial charge on any atom is 0.266 e. The molecule has 3 aromatic carbocycles. The van der Waals surface area contributed by atoms with Gasteiger partial charge < -0.3 is 4.42 Å². The van der Waals surface area contributed by atoms with E-state index in [0.717, 1.165) is 22.4 Å². The lowest BCUT2D eigenvalue weighted by atomic mass is 10.1. The molecule has 0 amide bonds. The van der Waals surface area contributed by atoms with Gasteiger partial charge in [-0.05, 0) is 56.2 Å². The molecule has 1 unspecified atom stereocenters. The standard InChI is InChI=1S/C26H22N4O2S/c1-16-10-9-11-17(2)22(16)30-25(31)20-14-7-8-15-21(20)27-26(30)33-18(3)23-28-29-24(32-23)19-12-5-4-6-13-19/h4-15,18H,1-3H3. The molecule has 0 saturated carbocycles. The van der Waals surface area contributed by atoms with Crippen LogP contribution in [0, 0.1) is 13.8 Å². The van der Waals surface area contributed by atoms with Crippen molar-refractivity contribution in [2.45, 2.75) is 31.2 Å². The van der Waals surface area contributed by atoms with Gasteiger partial charge in [-0.25, -0.2) is 4.98 Å². The fraction of sp³-hybridized carbons (Fsp3) is 0.154. The van der Waals surface area contributed by atoms with Crippen molar-refractivity contribution in [3.63, 3.8) is 0 Å². The van der Waals surface area contributed by atoms with E-state index in [9.17, 15) is 4.79 Å². The number of hydrogen-bond acceptors (Lipinski definition) is 6. The minimum atomic E-state index is -0.210. The van der Waals surface area contributed by atoms with Crippen LogP contribution in [0.5, 0.6) is 0 Å². The first-order chi connectivity index (χ1) is 16.0. The van der Waals surface area contributed by atoms with Gasteiger partial charge in [0.1, 0.15) is 0 Å². The Balaban J connectivity index is 1.61. The molecule has 6 nitrogen and oxygen atoms in total. The second-order valence-corrected chi connectivity index (χ2v) is 9.17. The second kappa shape index (κ2) is 8.67. The molecule has 0 N–H and O–H groups in total. The van der Waals surface area contributed by atoms with Crippen molar-refractivity contribution in [1.29, 1.82) is 0 Å². The summed E-state index contributed by atoms with van der Waals surface area (Å²) >= 11 is 1.43. The SMILES string of the molecule is Cc1cccc(C)c1-n1c(SC(C)c2nnc(-c3ccccc3)o2)nc2ccccc2c1=O. The molecule has 0 aliphatic carbocycles. The average Bonchev–Trinajstić information content (AvgIpc) is 3.32. The molecule has 33 heavy (non-hydrogen) atoms. The molecule has 0 bridgehead atoms. The van der Waals surface area contributed by atoms with E-state index in [0.29, 0.717) is 27.8 Å². The van der Waals surface area contributed by atoms with Crippen molar-refractivity contribution in [2.24, 2.45) is 0 Å². The third-order valence-electron chi connectivity index (χ3n) is 5.50. The summed E-state index contributed by atoms with van der Waals surface area (Å²) < 4.78 is 7.67. The third-order valence-corrected chi connectivity index (χ3v) is 6.54. The quantitative estimate of drug-likeness (QED) is 0.243. The smallest absolute Gasteiger partial charge is 0.266 e. The summed E-state index contributed by atoms with van der Waals surface area (Å²) in [5.74, 6) is 0.950. The van der Waals surface area contributed by atoms with Crippen LogP contribution in [-0.2, 0) is 0 Å². The van der Waals surface area contributed by atoms with Gasteiger partial charge >= 0.3 is 0 Å². The summed E-state index contributed by atoms with van der Waals surface area (Å²) in [4.78, 5) is 18.5. The van der Waals surface area contributed by atoms with Crippen LogP contribution in [-0.4, -0.2) is 19.7 Å². The van der Waals surface area contributed by atoms with E-state index in [2.05, 4.69) is 10.2 Å². The highest BCUT2D eigenvalue weighted by atomic mass is 32.2. The van der Waals surface area contributed by atoms with Gasteiger partial charge in [0.15, 0.2) is 5.16 Å². The monoisotopic (exact) mass is 454 g/mol. The van der Waals surface area contributed by atoms with Gasteiger partial charge in [-0.3, -0.25) is 9.36 Å². The van der Waals surface area contributed by atoms with Gasteiger partial charge in [0.05, 0.1) is 21.8 Å². The molecule has 2 heterocycles. The minimum absolute atomic E-state index is 0.0943. The molecule has 0 aliphatic rings. The van der Waals surface area contributed by atoms with E-state index in [-0.39, 0.29) is 10.8 Å². The van der Waals surface area contributed by atoms with Crippen molar-refractivity contribution >= 4 is 22.7 Å². The first kappa shape index (κ1) is 21.2. The molecular formula is C26H22N4O2S. The zero-order chi connectivity index (χ0) is 22.9. The number of thioether (sulfide) groups is 1. The second-order valence-electron chi connectivity index (χ2n) is 7.86. The lowest BCUT2D eigenvalue weighted by Crippen LogP contribution is -2.23. The lowest BCUT2D eigenvalue weighted by Gasteiger charge is -2.18. The van der Waals surface area contributed by atoms with Crippen molar-refractivity contribution in [3.05, 3.63) is 100 Å². The fourth-order valence-corrected chi connectivity index (χ4v) is 4.79. The molecule has 0 radical (unpaired) electrons. The van der Waals surface area contributed by atoms with Gasteiger partial charge in [-0.2, -0.15) is 0 Å². The van der Waals surface area contributed by atoms with Crippen molar-refractivity contribution in [3.8, 4) is 17.1 Å². The zero-order valence-corrected chi connectivity index (χ0v) is 19.3. The summed E-state index contributed by atoms with van der Waals surface area (Å²) in [6, 6.07) is 23.1. The van der Waals surface area contributed by atoms with Crippen molar-refractivity contribution in [2.75, 3.05) is 0 Å². The number of rotatable bonds is 5. The summed E-state index contributed by atoms with van der Waals surface area (Å²) in [6.07, 6.45) is 0. The average molecular weight is 455 g/mol. The molecule has 5 aromatic rings. The number of nitrogens with zero attached hydrogens (tertiary/aromatic N) is 4. The Morgan fingerprint density at radius 2 is 1.58 bits per heavy atom. The summed E-state index contributed by atoms with van der Waals surface area (Å²) in [5.41, 5.74) is 4.30. The van der Waals surface area contributed by atoms with Gasteiger partial charge in [0.2, 0.25) is 11.8 Å². The van der Waals surface area contributed by atoms with Gasteiger partial charge in [-0.15, -0.1) is 10.2 Å². The summed E-state index contributed by atoms with van der Waals surface area (Å²) in [5, 5.41) is 9.43. The molecular weight excluding hydrogens is 432 g/mol. The van der Waals surface area contributed by atoms with Crippen LogP contribution in [0.15, 0.2) is 87.2 Å². The van der Waals surface area contributed by atoms with Crippen LogP contribution in [0.4, 0.5) is 0 Å². The lowest BCUT2D eigenvalue weighted by molar-refractivity contribution is 0.508. The molecule has 0 saturated heterocycles. The van der Waals surface area contributed by atoms with E-state index < -0.39 is 0 Å². The van der Waals surface area contributed by atoms with Crippen molar-refractivity contribution in [1.82, 2.24) is 19.7 Å². The van der Waals surface area contributed by atoms with Crippen LogP contribution < -0.4 is 5.56 Å². The first-order valence-corrected chi connectivity index (χ1v) is 11.5. The maximum absolute atomic E-state index is 13.6. The Labute approximate surface area is 195 Å². The van der Waals surface area contributed by atoms with Gasteiger partial charge in [-0.1, -0.05) is 60.3 Å². The Bertz CT molecular complexity index is 1490. The van der Waals surface area contributed by atoms with Crippen molar-refractivity contribution < 1.29 is 4.42 Å². The Hall–Kier alpha value is -3.71. The first-order valence-electron chi connectivity index (χ1n) is 10.7. The number of hydrogen-bond donors (Lipinski definition) is 0. The van der Waals surface area contributed by atoms with E-state index >= 15 is 0 Å². The molecule has 164 valence electrons. The fourth-order valence-electron chi connectivity index (χ4n) is 3.85. The molecule has 0 fully saturated rings. The topological polar surface area (TPSA) is 73.8 Å². The van der Waals surface area contributed by atoms with Crippen LogP contribution in [0.1, 0.15) is 29.2 Å². The molecule has 5 rings (SSSR count). The van der Waals surface area contributed by atoms with Crippen LogP contribution in [0.2, 0.25) is 0 Å². The minimum Gasteiger partial charge on any atom is -0.419 e. The molecule has 2 aromatic heterocycles. The van der Waals surface area contributed by atoms with E-state index in [1.165, 1.54) is 11.8 Å².